The van der Waals surface area contributed by atoms with Crippen molar-refractivity contribution in [2.75, 3.05) is 5.32 Å². The summed E-state index contributed by atoms with van der Waals surface area (Å²) in [5, 5.41) is 7.41. The van der Waals surface area contributed by atoms with Crippen molar-refractivity contribution in [3.8, 4) is 11.1 Å². The molecule has 0 bridgehead atoms. The first kappa shape index (κ1) is 17.4. The summed E-state index contributed by atoms with van der Waals surface area (Å²) in [6, 6.07) is 4.25. The van der Waals surface area contributed by atoms with Gasteiger partial charge in [0.25, 0.3) is 5.91 Å². The Hall–Kier alpha value is -3.03. The zero-order valence-corrected chi connectivity index (χ0v) is 14.7. The summed E-state index contributed by atoms with van der Waals surface area (Å²) < 4.78 is 29.4. The number of hydrogen-bond acceptors (Lipinski definition) is 4. The Morgan fingerprint density at radius 2 is 2.19 bits per heavy atom. The Morgan fingerprint density at radius 1 is 1.37 bits per heavy atom. The molecule has 0 spiro atoms. The zero-order valence-electron chi connectivity index (χ0n) is 14.7. The first-order valence-corrected chi connectivity index (χ1v) is 8.74. The Labute approximate surface area is 154 Å². The van der Waals surface area contributed by atoms with Crippen molar-refractivity contribution in [2.24, 2.45) is 5.73 Å². The Kier molecular flexibility index (Phi) is 4.05. The maximum Gasteiger partial charge on any atom is 0.252 e. The van der Waals surface area contributed by atoms with Crippen LogP contribution in [0.4, 0.5) is 14.5 Å². The molecule has 1 aliphatic carbocycles. The molecule has 3 aromatic rings. The topological polar surface area (TPSA) is 85.3 Å². The van der Waals surface area contributed by atoms with E-state index in [2.05, 4.69) is 15.4 Å². The van der Waals surface area contributed by atoms with Crippen molar-refractivity contribution in [1.29, 1.82) is 0 Å². The highest BCUT2D eigenvalue weighted by Gasteiger charge is 2.39. The smallest absolute Gasteiger partial charge is 0.252 e. The third kappa shape index (κ3) is 3.11. The van der Waals surface area contributed by atoms with Gasteiger partial charge in [-0.1, -0.05) is 0 Å². The number of hydrogen-bond donors (Lipinski definition) is 2. The average Bonchev–Trinajstić information content (AvgIpc) is 3.19. The molecular formula is C19H19F2N5O. The second kappa shape index (κ2) is 6.29. The number of alkyl halides is 1. The molecule has 1 fully saturated rings. The molecule has 1 saturated carbocycles. The van der Waals surface area contributed by atoms with Crippen LogP contribution in [-0.2, 0) is 0 Å². The lowest BCUT2D eigenvalue weighted by Gasteiger charge is -2.26. The van der Waals surface area contributed by atoms with E-state index in [1.54, 1.807) is 29.8 Å². The predicted molar refractivity (Wildman–Crippen MR) is 97.7 cm³/mol. The summed E-state index contributed by atoms with van der Waals surface area (Å²) in [5.41, 5.74) is 6.83. The Morgan fingerprint density at radius 3 is 2.81 bits per heavy atom. The van der Waals surface area contributed by atoms with Gasteiger partial charge in [0.1, 0.15) is 5.67 Å². The number of carbonyl (C=O) groups excluding carboxylic acids is 1. The molecule has 8 heteroatoms. The SMILES string of the molecule is CC1(F)CCCC1Nc1c(C(N)=O)cnn2cc(-c3ccc(F)nc3)cc12. The molecule has 3 N–H and O–H groups in total. The Balaban J connectivity index is 1.82. The van der Waals surface area contributed by atoms with Gasteiger partial charge in [0, 0.05) is 23.5 Å². The van der Waals surface area contributed by atoms with Crippen molar-refractivity contribution in [1.82, 2.24) is 14.6 Å². The minimum atomic E-state index is -1.37. The molecular weight excluding hydrogens is 352 g/mol. The van der Waals surface area contributed by atoms with Gasteiger partial charge < -0.3 is 11.1 Å². The van der Waals surface area contributed by atoms with Gasteiger partial charge in [-0.15, -0.1) is 0 Å². The summed E-state index contributed by atoms with van der Waals surface area (Å²) in [7, 11) is 0. The van der Waals surface area contributed by atoms with Gasteiger partial charge in [-0.05, 0) is 44.4 Å². The van der Waals surface area contributed by atoms with Gasteiger partial charge in [-0.25, -0.2) is 13.9 Å². The summed E-state index contributed by atoms with van der Waals surface area (Å²) >= 11 is 0. The number of halogens is 2. The van der Waals surface area contributed by atoms with E-state index in [9.17, 15) is 13.6 Å². The van der Waals surface area contributed by atoms with E-state index in [0.717, 1.165) is 12.0 Å². The quantitative estimate of drug-likeness (QED) is 0.689. The Bertz CT molecular complexity index is 1010. The van der Waals surface area contributed by atoms with Crippen molar-refractivity contribution >= 4 is 17.1 Å². The highest BCUT2D eigenvalue weighted by Crippen LogP contribution is 2.37. The molecule has 1 aliphatic rings. The van der Waals surface area contributed by atoms with E-state index >= 15 is 0 Å². The van der Waals surface area contributed by atoms with E-state index < -0.39 is 23.6 Å². The molecule has 0 saturated heterocycles. The van der Waals surface area contributed by atoms with Gasteiger partial charge in [0.2, 0.25) is 5.95 Å². The van der Waals surface area contributed by atoms with Crippen molar-refractivity contribution in [3.63, 3.8) is 0 Å². The molecule has 2 unspecified atom stereocenters. The van der Waals surface area contributed by atoms with E-state index in [0.29, 0.717) is 29.6 Å². The van der Waals surface area contributed by atoms with Crippen LogP contribution in [0.5, 0.6) is 0 Å². The number of pyridine rings is 1. The minimum absolute atomic E-state index is 0.201. The molecule has 3 heterocycles. The van der Waals surface area contributed by atoms with Crippen LogP contribution in [0, 0.1) is 5.95 Å². The lowest BCUT2D eigenvalue weighted by Crippen LogP contribution is -2.36. The number of nitrogens with one attached hydrogen (secondary N) is 1. The second-order valence-corrected chi connectivity index (χ2v) is 7.09. The number of amides is 1. The number of nitrogens with zero attached hydrogens (tertiary/aromatic N) is 3. The predicted octanol–water partition coefficient (Wildman–Crippen LogP) is 3.33. The zero-order chi connectivity index (χ0) is 19.2. The van der Waals surface area contributed by atoms with Crippen LogP contribution in [0.3, 0.4) is 0 Å². The fourth-order valence-electron chi connectivity index (χ4n) is 3.62. The lowest BCUT2D eigenvalue weighted by atomic mass is 10.0. The van der Waals surface area contributed by atoms with Crippen molar-refractivity contribution in [3.05, 3.63) is 48.3 Å². The number of anilines is 1. The van der Waals surface area contributed by atoms with Crippen LogP contribution in [-0.4, -0.2) is 32.2 Å². The first-order chi connectivity index (χ1) is 12.8. The third-order valence-corrected chi connectivity index (χ3v) is 5.17. The van der Waals surface area contributed by atoms with Crippen LogP contribution < -0.4 is 11.1 Å². The maximum absolute atomic E-state index is 14.8. The molecule has 1 amide bonds. The lowest BCUT2D eigenvalue weighted by molar-refractivity contribution is 0.1000. The van der Waals surface area contributed by atoms with Gasteiger partial charge in [0.15, 0.2) is 0 Å². The molecule has 0 aliphatic heterocycles. The maximum atomic E-state index is 14.8. The molecule has 27 heavy (non-hydrogen) atoms. The molecule has 0 radical (unpaired) electrons. The average molecular weight is 371 g/mol. The van der Waals surface area contributed by atoms with Gasteiger partial charge in [-0.2, -0.15) is 9.49 Å². The summed E-state index contributed by atoms with van der Waals surface area (Å²) in [6.07, 6.45) is 6.42. The monoisotopic (exact) mass is 371 g/mol. The number of rotatable bonds is 4. The van der Waals surface area contributed by atoms with Gasteiger partial charge >= 0.3 is 0 Å². The number of fused-ring (bicyclic) bond motifs is 1. The standard InChI is InChI=1S/C19H19F2N5O/c1-19(21)6-2-3-15(19)25-17-13(18(22)27)9-24-26-10-12(7-14(17)26)11-4-5-16(20)23-8-11/h4-5,7-10,15,25H,2-3,6H2,1H3,(H2,22,27). The van der Waals surface area contributed by atoms with Gasteiger partial charge in [-0.3, -0.25) is 4.79 Å². The van der Waals surface area contributed by atoms with Gasteiger partial charge in [0.05, 0.1) is 29.0 Å². The van der Waals surface area contributed by atoms with Crippen molar-refractivity contribution in [2.45, 2.75) is 37.9 Å². The molecule has 140 valence electrons. The fourth-order valence-corrected chi connectivity index (χ4v) is 3.62. The van der Waals surface area contributed by atoms with E-state index in [1.807, 2.05) is 0 Å². The van der Waals surface area contributed by atoms with E-state index in [4.69, 9.17) is 5.73 Å². The minimum Gasteiger partial charge on any atom is -0.377 e. The normalized spacial score (nSPS) is 22.3. The molecule has 6 nitrogen and oxygen atoms in total. The third-order valence-electron chi connectivity index (χ3n) is 5.17. The molecule has 2 atom stereocenters. The summed E-state index contributed by atoms with van der Waals surface area (Å²) in [5.74, 6) is -1.21. The van der Waals surface area contributed by atoms with Crippen LogP contribution in [0.2, 0.25) is 0 Å². The highest BCUT2D eigenvalue weighted by atomic mass is 19.1. The van der Waals surface area contributed by atoms with Crippen LogP contribution in [0.1, 0.15) is 36.5 Å². The number of carbonyl (C=O) groups is 1. The molecule has 0 aromatic carbocycles. The summed E-state index contributed by atoms with van der Waals surface area (Å²) in [6.45, 7) is 1.56. The number of aromatic nitrogens is 3. The highest BCUT2D eigenvalue weighted by molar-refractivity contribution is 6.02. The number of nitrogens with two attached hydrogens (primary N) is 1. The number of primary amides is 1. The first-order valence-electron chi connectivity index (χ1n) is 8.74. The largest absolute Gasteiger partial charge is 0.377 e. The van der Waals surface area contributed by atoms with E-state index in [1.165, 1.54) is 18.5 Å². The van der Waals surface area contributed by atoms with E-state index in [-0.39, 0.29) is 5.56 Å². The fraction of sp³-hybridized carbons (Fsp3) is 0.316. The van der Waals surface area contributed by atoms with Crippen LogP contribution in [0.15, 0.2) is 36.8 Å². The molecule has 3 aromatic heterocycles. The second-order valence-electron chi connectivity index (χ2n) is 7.09. The van der Waals surface area contributed by atoms with Crippen LogP contribution in [0.25, 0.3) is 16.6 Å². The molecule has 4 rings (SSSR count). The van der Waals surface area contributed by atoms with Crippen LogP contribution >= 0.6 is 0 Å². The van der Waals surface area contributed by atoms with Crippen molar-refractivity contribution < 1.29 is 13.6 Å². The summed E-state index contributed by atoms with van der Waals surface area (Å²) in [4.78, 5) is 15.6.